The Labute approximate surface area is 214 Å². The van der Waals surface area contributed by atoms with Gasteiger partial charge in [-0.25, -0.2) is 9.97 Å². The first-order valence-electron chi connectivity index (χ1n) is 11.4. The van der Waals surface area contributed by atoms with Crippen LogP contribution in [0.1, 0.15) is 22.5 Å². The maximum Gasteiger partial charge on any atom is 0.250 e. The summed E-state index contributed by atoms with van der Waals surface area (Å²) in [6, 6.07) is 15.0. The van der Waals surface area contributed by atoms with E-state index in [1.165, 1.54) is 6.08 Å². The molecule has 2 aromatic carbocycles. The molecular formula is C27H27ClN6O2. The highest BCUT2D eigenvalue weighted by Gasteiger charge is 2.09. The molecule has 0 spiro atoms. The number of methoxy groups -OCH3 is 1. The molecule has 0 bridgehead atoms. The Morgan fingerprint density at radius 2 is 1.86 bits per heavy atom. The van der Waals surface area contributed by atoms with Gasteiger partial charge >= 0.3 is 0 Å². The lowest BCUT2D eigenvalue weighted by atomic mass is 10.1. The predicted molar refractivity (Wildman–Crippen MR) is 145 cm³/mol. The normalized spacial score (nSPS) is 11.7. The summed E-state index contributed by atoms with van der Waals surface area (Å²) >= 11 is 6.17. The van der Waals surface area contributed by atoms with Crippen molar-refractivity contribution in [2.24, 2.45) is 4.99 Å². The number of guanidine groups is 1. The summed E-state index contributed by atoms with van der Waals surface area (Å²) in [7, 11) is 1.61. The van der Waals surface area contributed by atoms with Crippen LogP contribution in [0.5, 0.6) is 5.75 Å². The van der Waals surface area contributed by atoms with E-state index in [-0.39, 0.29) is 11.9 Å². The molecule has 0 aliphatic carbocycles. The molecule has 0 saturated carbocycles. The summed E-state index contributed by atoms with van der Waals surface area (Å²) < 4.78 is 5.17. The summed E-state index contributed by atoms with van der Waals surface area (Å²) in [5.74, 6) is 1.05. The van der Waals surface area contributed by atoms with Gasteiger partial charge < -0.3 is 9.72 Å². The number of carbonyl (C=O) groups excluding carboxylic acids is 1. The van der Waals surface area contributed by atoms with Crippen molar-refractivity contribution in [2.45, 2.75) is 20.3 Å². The molecule has 2 heterocycles. The monoisotopic (exact) mass is 502 g/mol. The van der Waals surface area contributed by atoms with Gasteiger partial charge in [-0.3, -0.25) is 20.4 Å². The average molecular weight is 503 g/mol. The number of fused-ring (bicyclic) bond motifs is 1. The minimum atomic E-state index is -0.333. The Morgan fingerprint density at radius 3 is 2.58 bits per heavy atom. The van der Waals surface area contributed by atoms with E-state index in [0.717, 1.165) is 39.2 Å². The lowest BCUT2D eigenvalue weighted by Crippen LogP contribution is -2.35. The molecule has 2 aromatic heterocycles. The number of nitrogens with one attached hydrogen (secondary N) is 3. The molecule has 0 unspecified atom stereocenters. The fourth-order valence-corrected chi connectivity index (χ4v) is 3.86. The number of hydrogen-bond donors (Lipinski definition) is 3. The molecule has 0 aliphatic rings. The van der Waals surface area contributed by atoms with Crippen molar-refractivity contribution in [1.29, 1.82) is 0 Å². The van der Waals surface area contributed by atoms with Crippen molar-refractivity contribution in [3.8, 4) is 5.75 Å². The second kappa shape index (κ2) is 11.5. The van der Waals surface area contributed by atoms with E-state index in [1.807, 2.05) is 68.6 Å². The predicted octanol–water partition coefficient (Wildman–Crippen LogP) is 5.08. The first-order valence-corrected chi connectivity index (χ1v) is 11.8. The number of aromatic amines is 1. The second-order valence-electron chi connectivity index (χ2n) is 8.18. The van der Waals surface area contributed by atoms with Crippen LogP contribution in [0.4, 0.5) is 5.95 Å². The number of H-pyrrole nitrogens is 1. The van der Waals surface area contributed by atoms with E-state index in [4.69, 9.17) is 16.3 Å². The zero-order valence-corrected chi connectivity index (χ0v) is 21.1. The number of ether oxygens (including phenoxy) is 1. The van der Waals surface area contributed by atoms with Gasteiger partial charge in [0.1, 0.15) is 5.75 Å². The van der Waals surface area contributed by atoms with Crippen LogP contribution >= 0.6 is 11.6 Å². The first kappa shape index (κ1) is 24.9. The number of aromatic nitrogens is 3. The summed E-state index contributed by atoms with van der Waals surface area (Å²) in [6.45, 7) is 4.19. The van der Waals surface area contributed by atoms with Gasteiger partial charge in [0.25, 0.3) is 5.91 Å². The molecule has 4 aromatic rings. The number of benzene rings is 2. The van der Waals surface area contributed by atoms with E-state index in [1.54, 1.807) is 13.2 Å². The zero-order chi connectivity index (χ0) is 25.5. The molecule has 9 heteroatoms. The summed E-state index contributed by atoms with van der Waals surface area (Å²) in [5.41, 5.74) is 4.59. The highest BCUT2D eigenvalue weighted by molar-refractivity contribution is 6.31. The number of hydrogen-bond acceptors (Lipinski definition) is 5. The molecular weight excluding hydrogens is 476 g/mol. The van der Waals surface area contributed by atoms with Crippen LogP contribution in [0.15, 0.2) is 65.8 Å². The molecule has 4 rings (SSSR count). The first-order chi connectivity index (χ1) is 17.4. The van der Waals surface area contributed by atoms with E-state index in [0.29, 0.717) is 23.9 Å². The minimum Gasteiger partial charge on any atom is -0.497 e. The third-order valence-electron chi connectivity index (χ3n) is 5.38. The van der Waals surface area contributed by atoms with Crippen molar-refractivity contribution in [3.05, 3.63) is 88.3 Å². The van der Waals surface area contributed by atoms with Gasteiger partial charge in [0.15, 0.2) is 0 Å². The number of amides is 1. The van der Waals surface area contributed by atoms with E-state index in [2.05, 4.69) is 30.6 Å². The average Bonchev–Trinajstić information content (AvgIpc) is 3.24. The lowest BCUT2D eigenvalue weighted by Gasteiger charge is -2.10. The van der Waals surface area contributed by atoms with Crippen LogP contribution in [-0.4, -0.2) is 40.5 Å². The van der Waals surface area contributed by atoms with Crippen molar-refractivity contribution >= 4 is 46.4 Å². The number of halogens is 1. The van der Waals surface area contributed by atoms with Crippen LogP contribution in [0.25, 0.3) is 17.0 Å². The Hall–Kier alpha value is -4.17. The van der Waals surface area contributed by atoms with Crippen LogP contribution < -0.4 is 15.4 Å². The van der Waals surface area contributed by atoms with Gasteiger partial charge in [-0.15, -0.1) is 0 Å². The van der Waals surface area contributed by atoms with Crippen molar-refractivity contribution in [1.82, 2.24) is 20.3 Å². The number of aliphatic imine (C=N–C) groups is 1. The lowest BCUT2D eigenvalue weighted by molar-refractivity contribution is -0.115. The van der Waals surface area contributed by atoms with Crippen molar-refractivity contribution < 1.29 is 9.53 Å². The molecule has 36 heavy (non-hydrogen) atoms. The summed E-state index contributed by atoms with van der Waals surface area (Å²) in [5, 5.41) is 7.58. The van der Waals surface area contributed by atoms with Crippen LogP contribution in [0, 0.1) is 13.8 Å². The SMILES string of the molecule is COc1ccc(C=CC(=O)NC(=NCCc2c[nH]c3ccc(Cl)cc23)Nc2nc(C)cc(C)n2)cc1. The van der Waals surface area contributed by atoms with Crippen molar-refractivity contribution in [3.63, 3.8) is 0 Å². The van der Waals surface area contributed by atoms with Gasteiger partial charge in [0.2, 0.25) is 11.9 Å². The molecule has 3 N–H and O–H groups in total. The Bertz CT molecular complexity index is 1410. The van der Waals surface area contributed by atoms with E-state index in [9.17, 15) is 4.79 Å². The number of rotatable bonds is 7. The topological polar surface area (TPSA) is 104 Å². The number of carbonyl (C=O) groups is 1. The van der Waals surface area contributed by atoms with E-state index >= 15 is 0 Å². The van der Waals surface area contributed by atoms with Crippen LogP contribution in [0.3, 0.4) is 0 Å². The molecule has 0 radical (unpaired) electrons. The molecule has 0 fully saturated rings. The minimum absolute atomic E-state index is 0.266. The fourth-order valence-electron chi connectivity index (χ4n) is 3.69. The van der Waals surface area contributed by atoms with Gasteiger partial charge in [-0.05, 0) is 73.9 Å². The van der Waals surface area contributed by atoms with Gasteiger partial charge in [-0.2, -0.15) is 0 Å². The smallest absolute Gasteiger partial charge is 0.250 e. The maximum absolute atomic E-state index is 12.7. The number of aryl methyl sites for hydroxylation is 2. The molecule has 1 amide bonds. The Balaban J connectivity index is 1.49. The molecule has 8 nitrogen and oxygen atoms in total. The zero-order valence-electron chi connectivity index (χ0n) is 20.3. The third kappa shape index (κ3) is 6.70. The largest absolute Gasteiger partial charge is 0.497 e. The molecule has 0 atom stereocenters. The quantitative estimate of drug-likeness (QED) is 0.186. The molecule has 0 saturated heterocycles. The third-order valence-corrected chi connectivity index (χ3v) is 5.61. The fraction of sp³-hybridized carbons (Fsp3) is 0.185. The summed E-state index contributed by atoms with van der Waals surface area (Å²) in [6.07, 6.45) is 5.77. The second-order valence-corrected chi connectivity index (χ2v) is 8.62. The van der Waals surface area contributed by atoms with Crippen LogP contribution in [-0.2, 0) is 11.2 Å². The van der Waals surface area contributed by atoms with Gasteiger partial charge in [-0.1, -0.05) is 23.7 Å². The van der Waals surface area contributed by atoms with Crippen molar-refractivity contribution in [2.75, 3.05) is 19.0 Å². The Morgan fingerprint density at radius 1 is 1.11 bits per heavy atom. The van der Waals surface area contributed by atoms with Gasteiger partial charge in [0.05, 0.1) is 7.11 Å². The summed E-state index contributed by atoms with van der Waals surface area (Å²) in [4.78, 5) is 29.3. The van der Waals surface area contributed by atoms with E-state index < -0.39 is 0 Å². The highest BCUT2D eigenvalue weighted by atomic mass is 35.5. The standard InChI is InChI=1S/C27H27ClN6O2/c1-17-14-18(2)32-27(31-17)34-26(33-25(35)11-6-19-4-8-22(36-3)9-5-19)29-13-12-20-16-30-24-10-7-21(28)15-23(20)24/h4-11,14-16,30H,12-13H2,1-3H3,(H2,29,31,32,33,34,35). The number of anilines is 1. The van der Waals surface area contributed by atoms with Crippen LogP contribution in [0.2, 0.25) is 5.02 Å². The van der Waals surface area contributed by atoms with Gasteiger partial charge in [0, 0.05) is 46.1 Å². The molecule has 184 valence electrons. The number of nitrogens with zero attached hydrogens (tertiary/aromatic N) is 3. The maximum atomic E-state index is 12.7. The molecule has 0 aliphatic heterocycles. The Kier molecular flexibility index (Phi) is 7.97. The highest BCUT2D eigenvalue weighted by Crippen LogP contribution is 2.22.